The van der Waals surface area contributed by atoms with Crippen LogP contribution in [-0.4, -0.2) is 34.5 Å². The first-order chi connectivity index (χ1) is 12.0. The van der Waals surface area contributed by atoms with E-state index in [4.69, 9.17) is 4.74 Å². The van der Waals surface area contributed by atoms with Crippen LogP contribution in [0.3, 0.4) is 0 Å². The number of carbonyl (C=O) groups is 2. The average molecular weight is 342 g/mol. The zero-order valence-electron chi connectivity index (χ0n) is 14.6. The summed E-state index contributed by atoms with van der Waals surface area (Å²) in [7, 11) is 0. The van der Waals surface area contributed by atoms with Crippen LogP contribution < -0.4 is 10.6 Å². The molecular weight excluding hydrogens is 320 g/mol. The number of amides is 1. The number of ether oxygens (including phenoxy) is 1. The van der Waals surface area contributed by atoms with E-state index in [1.165, 1.54) is 12.4 Å². The first kappa shape index (κ1) is 18.4. The van der Waals surface area contributed by atoms with Crippen molar-refractivity contribution in [3.05, 3.63) is 47.8 Å². The van der Waals surface area contributed by atoms with E-state index in [0.29, 0.717) is 23.4 Å². The summed E-state index contributed by atoms with van der Waals surface area (Å²) in [6.45, 7) is 5.97. The van der Waals surface area contributed by atoms with Gasteiger partial charge in [0.05, 0.1) is 23.4 Å². The Bertz CT molecular complexity index is 731. The molecule has 1 aromatic heterocycles. The lowest BCUT2D eigenvalue weighted by atomic mass is 10.2. The summed E-state index contributed by atoms with van der Waals surface area (Å²) >= 11 is 0. The molecule has 0 spiro atoms. The molecule has 0 aliphatic heterocycles. The molecule has 25 heavy (non-hydrogen) atoms. The maximum Gasteiger partial charge on any atom is 0.340 e. The molecule has 0 aliphatic carbocycles. The predicted octanol–water partition coefficient (Wildman–Crippen LogP) is 2.93. The third-order valence-electron chi connectivity index (χ3n) is 3.57. The zero-order valence-corrected chi connectivity index (χ0v) is 14.6. The van der Waals surface area contributed by atoms with Crippen LogP contribution in [0.2, 0.25) is 0 Å². The fraction of sp³-hybridized carbons (Fsp3) is 0.333. The van der Waals surface area contributed by atoms with Gasteiger partial charge in [0.1, 0.15) is 0 Å². The Balaban J connectivity index is 2.12. The number of benzene rings is 1. The molecule has 2 rings (SSSR count). The van der Waals surface area contributed by atoms with Gasteiger partial charge < -0.3 is 15.4 Å². The Labute approximate surface area is 146 Å². The largest absolute Gasteiger partial charge is 0.462 e. The molecule has 132 valence electrons. The monoisotopic (exact) mass is 342 g/mol. The van der Waals surface area contributed by atoms with Crippen LogP contribution in [-0.2, 0) is 4.74 Å². The summed E-state index contributed by atoms with van der Waals surface area (Å²) < 4.78 is 5.03. The van der Waals surface area contributed by atoms with Gasteiger partial charge >= 0.3 is 5.97 Å². The number of hydrogen-bond donors (Lipinski definition) is 2. The smallest absolute Gasteiger partial charge is 0.340 e. The molecule has 7 nitrogen and oxygen atoms in total. The number of esters is 1. The van der Waals surface area contributed by atoms with Crippen LogP contribution in [0.25, 0.3) is 0 Å². The van der Waals surface area contributed by atoms with Crippen LogP contribution in [0.15, 0.2) is 36.7 Å². The molecule has 0 bridgehead atoms. The van der Waals surface area contributed by atoms with Gasteiger partial charge in [0, 0.05) is 18.4 Å². The Morgan fingerprint density at radius 3 is 2.48 bits per heavy atom. The van der Waals surface area contributed by atoms with E-state index < -0.39 is 5.97 Å². The molecule has 7 heteroatoms. The molecule has 1 heterocycles. The lowest BCUT2D eigenvalue weighted by Crippen LogP contribution is -2.32. The number of nitrogens with one attached hydrogen (secondary N) is 2. The highest BCUT2D eigenvalue weighted by atomic mass is 16.5. The fourth-order valence-corrected chi connectivity index (χ4v) is 2.02. The molecule has 0 aliphatic rings. The molecule has 1 amide bonds. The topological polar surface area (TPSA) is 93.2 Å². The van der Waals surface area contributed by atoms with E-state index in [2.05, 4.69) is 20.6 Å². The lowest BCUT2D eigenvalue weighted by molar-refractivity contribution is 0.0527. The van der Waals surface area contributed by atoms with E-state index in [0.717, 1.165) is 6.42 Å². The Hall–Kier alpha value is -2.96. The zero-order chi connectivity index (χ0) is 18.2. The van der Waals surface area contributed by atoms with Crippen molar-refractivity contribution in [1.29, 1.82) is 0 Å². The van der Waals surface area contributed by atoms with Gasteiger partial charge in [-0.3, -0.25) is 4.79 Å². The van der Waals surface area contributed by atoms with Gasteiger partial charge in [-0.05, 0) is 32.4 Å². The van der Waals surface area contributed by atoms with Crippen molar-refractivity contribution < 1.29 is 14.3 Å². The third-order valence-corrected chi connectivity index (χ3v) is 3.57. The summed E-state index contributed by atoms with van der Waals surface area (Å²) in [4.78, 5) is 32.3. The minimum Gasteiger partial charge on any atom is -0.462 e. The highest BCUT2D eigenvalue weighted by Crippen LogP contribution is 2.19. The van der Waals surface area contributed by atoms with Gasteiger partial charge in [0.25, 0.3) is 5.91 Å². The molecule has 0 fully saturated rings. The summed E-state index contributed by atoms with van der Waals surface area (Å²) in [5.74, 6) is -0.347. The predicted molar refractivity (Wildman–Crippen MR) is 94.9 cm³/mol. The molecule has 1 unspecified atom stereocenters. The van der Waals surface area contributed by atoms with Crippen LogP contribution in [0.4, 0.5) is 11.6 Å². The van der Waals surface area contributed by atoms with Gasteiger partial charge in [0.2, 0.25) is 5.95 Å². The van der Waals surface area contributed by atoms with E-state index >= 15 is 0 Å². The number of aromatic nitrogens is 2. The Kier molecular flexibility index (Phi) is 6.45. The number of nitrogens with zero attached hydrogens (tertiary/aromatic N) is 2. The van der Waals surface area contributed by atoms with Crippen molar-refractivity contribution in [1.82, 2.24) is 15.3 Å². The Morgan fingerprint density at radius 2 is 1.84 bits per heavy atom. The molecule has 2 N–H and O–H groups in total. The summed E-state index contributed by atoms with van der Waals surface area (Å²) in [5.41, 5.74) is 1.31. The molecular formula is C18H22N4O3. The first-order valence-electron chi connectivity index (χ1n) is 8.21. The molecule has 2 aromatic rings. The number of rotatable bonds is 7. The summed E-state index contributed by atoms with van der Waals surface area (Å²) in [5, 5.41) is 5.83. The highest BCUT2D eigenvalue weighted by molar-refractivity contribution is 5.96. The van der Waals surface area contributed by atoms with Crippen molar-refractivity contribution in [3.8, 4) is 0 Å². The van der Waals surface area contributed by atoms with Crippen molar-refractivity contribution in [2.24, 2.45) is 0 Å². The van der Waals surface area contributed by atoms with Crippen LogP contribution in [0, 0.1) is 0 Å². The summed E-state index contributed by atoms with van der Waals surface area (Å²) in [6, 6.07) is 7.02. The standard InChI is InChI=1S/C18H22N4O3/c1-4-12(3)21-16(23)13-10-19-18(20-11-13)22-15-9-7-6-8-14(15)17(24)25-5-2/h6-12H,4-5H2,1-3H3,(H,21,23)(H,19,20,22). The van der Waals surface area contributed by atoms with Gasteiger partial charge in [0.15, 0.2) is 0 Å². The van der Waals surface area contributed by atoms with Crippen molar-refractivity contribution in [2.75, 3.05) is 11.9 Å². The van der Waals surface area contributed by atoms with Crippen LogP contribution in [0.5, 0.6) is 0 Å². The third kappa shape index (κ3) is 5.00. The normalized spacial score (nSPS) is 11.5. The van der Waals surface area contributed by atoms with Gasteiger partial charge in [-0.2, -0.15) is 0 Å². The molecule has 0 saturated heterocycles. The van der Waals surface area contributed by atoms with E-state index in [1.807, 2.05) is 13.8 Å². The Morgan fingerprint density at radius 1 is 1.16 bits per heavy atom. The van der Waals surface area contributed by atoms with Crippen LogP contribution >= 0.6 is 0 Å². The van der Waals surface area contributed by atoms with E-state index in [-0.39, 0.29) is 17.9 Å². The van der Waals surface area contributed by atoms with Crippen LogP contribution in [0.1, 0.15) is 47.9 Å². The van der Waals surface area contributed by atoms with Crippen molar-refractivity contribution in [3.63, 3.8) is 0 Å². The minimum atomic E-state index is -0.421. The highest BCUT2D eigenvalue weighted by Gasteiger charge is 2.13. The minimum absolute atomic E-state index is 0.0850. The lowest BCUT2D eigenvalue weighted by Gasteiger charge is -2.12. The fourth-order valence-electron chi connectivity index (χ4n) is 2.02. The maximum atomic E-state index is 12.0. The van der Waals surface area contributed by atoms with E-state index in [1.54, 1.807) is 31.2 Å². The molecule has 0 saturated carbocycles. The van der Waals surface area contributed by atoms with Crippen molar-refractivity contribution >= 4 is 23.5 Å². The second kappa shape index (κ2) is 8.77. The molecule has 1 aromatic carbocycles. The van der Waals surface area contributed by atoms with Crippen molar-refractivity contribution in [2.45, 2.75) is 33.2 Å². The summed E-state index contributed by atoms with van der Waals surface area (Å²) in [6.07, 6.45) is 3.73. The van der Waals surface area contributed by atoms with Gasteiger partial charge in [-0.1, -0.05) is 19.1 Å². The number of carbonyl (C=O) groups excluding carboxylic acids is 2. The van der Waals surface area contributed by atoms with Gasteiger partial charge in [-0.25, -0.2) is 14.8 Å². The quantitative estimate of drug-likeness (QED) is 0.752. The molecule has 1 atom stereocenters. The maximum absolute atomic E-state index is 12.0. The first-order valence-corrected chi connectivity index (χ1v) is 8.21. The second-order valence-corrected chi connectivity index (χ2v) is 5.47. The average Bonchev–Trinajstić information content (AvgIpc) is 2.62. The number of para-hydroxylation sites is 1. The van der Waals surface area contributed by atoms with Gasteiger partial charge in [-0.15, -0.1) is 0 Å². The second-order valence-electron chi connectivity index (χ2n) is 5.47. The SMILES string of the molecule is CCOC(=O)c1ccccc1Nc1ncc(C(=O)NC(C)CC)cn1. The van der Waals surface area contributed by atoms with E-state index in [9.17, 15) is 9.59 Å². The number of hydrogen-bond acceptors (Lipinski definition) is 6. The molecule has 0 radical (unpaired) electrons. The number of anilines is 2.